The van der Waals surface area contributed by atoms with E-state index in [1.807, 2.05) is 36.9 Å². The number of hydrogen-bond donors (Lipinski definition) is 2. The summed E-state index contributed by atoms with van der Waals surface area (Å²) in [4.78, 5) is 29.0. The van der Waals surface area contributed by atoms with Gasteiger partial charge < -0.3 is 20.9 Å². The highest BCUT2D eigenvalue weighted by Gasteiger charge is 2.33. The molecule has 0 atom stereocenters. The molecule has 0 bridgehead atoms. The highest BCUT2D eigenvalue weighted by atomic mass is 35.5. The number of para-hydroxylation sites is 1. The van der Waals surface area contributed by atoms with Gasteiger partial charge in [0.05, 0.1) is 5.41 Å². The zero-order valence-electron chi connectivity index (χ0n) is 16.9. The average Bonchev–Trinajstić information content (AvgIpc) is 2.70. The Morgan fingerprint density at radius 3 is 2.11 bits per heavy atom. The Kier molecular flexibility index (Phi) is 12.2. The van der Waals surface area contributed by atoms with E-state index in [9.17, 15) is 9.59 Å². The van der Waals surface area contributed by atoms with E-state index < -0.39 is 5.41 Å². The van der Waals surface area contributed by atoms with E-state index in [1.165, 1.54) is 5.69 Å². The van der Waals surface area contributed by atoms with Crippen LogP contribution in [0.15, 0.2) is 30.3 Å². The van der Waals surface area contributed by atoms with Gasteiger partial charge >= 0.3 is 0 Å². The average molecular weight is 433 g/mol. The summed E-state index contributed by atoms with van der Waals surface area (Å²) in [7, 11) is 0. The molecule has 0 saturated carbocycles. The molecule has 0 radical (unpaired) electrons. The minimum atomic E-state index is -0.510. The predicted octanol–water partition coefficient (Wildman–Crippen LogP) is 2.45. The van der Waals surface area contributed by atoms with E-state index in [0.717, 1.165) is 26.2 Å². The van der Waals surface area contributed by atoms with Crippen molar-refractivity contribution >= 4 is 42.3 Å². The summed E-state index contributed by atoms with van der Waals surface area (Å²) in [6, 6.07) is 10.3. The van der Waals surface area contributed by atoms with Gasteiger partial charge in [0.25, 0.3) is 0 Å². The third kappa shape index (κ3) is 6.54. The molecule has 0 aliphatic carbocycles. The number of nitrogens with one attached hydrogen (secondary N) is 1. The fraction of sp³-hybridized carbons (Fsp3) is 0.600. The molecule has 2 amide bonds. The van der Waals surface area contributed by atoms with Gasteiger partial charge in [-0.25, -0.2) is 0 Å². The monoisotopic (exact) mass is 432 g/mol. The van der Waals surface area contributed by atoms with Gasteiger partial charge in [0.2, 0.25) is 11.8 Å². The van der Waals surface area contributed by atoms with Crippen LogP contribution in [0.3, 0.4) is 0 Å². The number of anilines is 1. The number of nitrogens with zero attached hydrogens (tertiary/aromatic N) is 2. The first-order valence-corrected chi connectivity index (χ1v) is 9.62. The zero-order chi connectivity index (χ0) is 19.0. The highest BCUT2D eigenvalue weighted by Crippen LogP contribution is 2.24. The van der Waals surface area contributed by atoms with E-state index in [2.05, 4.69) is 22.3 Å². The maximum atomic E-state index is 12.4. The molecule has 1 fully saturated rings. The van der Waals surface area contributed by atoms with Crippen molar-refractivity contribution in [2.75, 3.05) is 44.2 Å². The van der Waals surface area contributed by atoms with Crippen LogP contribution in [0.1, 0.15) is 33.1 Å². The minimum Gasteiger partial charge on any atom is -0.368 e. The summed E-state index contributed by atoms with van der Waals surface area (Å²) in [5.41, 5.74) is 6.49. The van der Waals surface area contributed by atoms with Crippen LogP contribution in [-0.2, 0) is 9.59 Å². The van der Waals surface area contributed by atoms with Crippen molar-refractivity contribution in [3.63, 3.8) is 0 Å². The number of halogens is 2. The molecule has 0 aromatic heterocycles. The molecule has 160 valence electrons. The molecule has 0 unspecified atom stereocenters. The molecule has 8 heteroatoms. The zero-order valence-corrected chi connectivity index (χ0v) is 18.5. The Balaban J connectivity index is 0.00000364. The fourth-order valence-corrected chi connectivity index (χ4v) is 3.43. The summed E-state index contributed by atoms with van der Waals surface area (Å²) >= 11 is 0. The number of carbonyl (C=O) groups excluding carboxylic acids is 2. The minimum absolute atomic E-state index is 0. The lowest BCUT2D eigenvalue weighted by atomic mass is 9.81. The quantitative estimate of drug-likeness (QED) is 0.660. The van der Waals surface area contributed by atoms with Crippen molar-refractivity contribution in [1.29, 1.82) is 0 Å². The van der Waals surface area contributed by atoms with Gasteiger partial charge in [-0.3, -0.25) is 9.59 Å². The molecule has 1 aromatic carbocycles. The Hall–Kier alpha value is -1.50. The van der Waals surface area contributed by atoms with Crippen molar-refractivity contribution in [3.05, 3.63) is 30.3 Å². The predicted molar refractivity (Wildman–Crippen MR) is 119 cm³/mol. The summed E-state index contributed by atoms with van der Waals surface area (Å²) in [5, 5.41) is 2.90. The Morgan fingerprint density at radius 1 is 1.04 bits per heavy atom. The van der Waals surface area contributed by atoms with Crippen molar-refractivity contribution in [3.8, 4) is 0 Å². The van der Waals surface area contributed by atoms with Crippen molar-refractivity contribution in [2.24, 2.45) is 11.1 Å². The number of hydrogen-bond acceptors (Lipinski definition) is 4. The lowest BCUT2D eigenvalue weighted by molar-refractivity contribution is -0.132. The summed E-state index contributed by atoms with van der Waals surface area (Å²) in [6.45, 7) is 7.78. The molecular formula is C20H34Cl2N4O2. The van der Waals surface area contributed by atoms with Crippen LogP contribution in [0.25, 0.3) is 0 Å². The maximum Gasteiger partial charge on any atom is 0.227 e. The van der Waals surface area contributed by atoms with Gasteiger partial charge in [-0.05, 0) is 25.0 Å². The van der Waals surface area contributed by atoms with E-state index >= 15 is 0 Å². The fourth-order valence-electron chi connectivity index (χ4n) is 3.43. The van der Waals surface area contributed by atoms with Crippen molar-refractivity contribution in [2.45, 2.75) is 33.1 Å². The van der Waals surface area contributed by atoms with Gasteiger partial charge in [-0.1, -0.05) is 32.0 Å². The van der Waals surface area contributed by atoms with Crippen LogP contribution in [0.4, 0.5) is 5.69 Å². The van der Waals surface area contributed by atoms with E-state index in [-0.39, 0.29) is 36.6 Å². The molecule has 1 aliphatic rings. The van der Waals surface area contributed by atoms with Gasteiger partial charge in [-0.15, -0.1) is 24.8 Å². The van der Waals surface area contributed by atoms with Crippen molar-refractivity contribution in [1.82, 2.24) is 10.2 Å². The normalized spacial score (nSPS) is 14.0. The van der Waals surface area contributed by atoms with Crippen LogP contribution in [0.5, 0.6) is 0 Å². The number of benzene rings is 1. The van der Waals surface area contributed by atoms with E-state index in [0.29, 0.717) is 32.4 Å². The van der Waals surface area contributed by atoms with Crippen LogP contribution in [0.2, 0.25) is 0 Å². The first-order valence-electron chi connectivity index (χ1n) is 9.62. The standard InChI is InChI=1S/C20H32N4O2.2ClH/c1-3-20(4-2,16-21)19(26)22-11-10-18(25)24-14-12-23(13-15-24)17-8-6-5-7-9-17;;/h5-9H,3-4,10-16,21H2,1-2H3,(H,22,26);2*1H. The van der Waals surface area contributed by atoms with Crippen LogP contribution < -0.4 is 16.0 Å². The lowest BCUT2D eigenvalue weighted by Crippen LogP contribution is -2.50. The Morgan fingerprint density at radius 2 is 1.61 bits per heavy atom. The lowest BCUT2D eigenvalue weighted by Gasteiger charge is -2.36. The number of carbonyl (C=O) groups is 2. The third-order valence-electron chi connectivity index (χ3n) is 5.60. The largest absolute Gasteiger partial charge is 0.368 e. The maximum absolute atomic E-state index is 12.4. The van der Waals surface area contributed by atoms with Gasteiger partial charge in [0.15, 0.2) is 0 Å². The Labute approximate surface area is 181 Å². The van der Waals surface area contributed by atoms with Crippen LogP contribution >= 0.6 is 24.8 Å². The van der Waals surface area contributed by atoms with Gasteiger partial charge in [0.1, 0.15) is 0 Å². The molecule has 1 aliphatic heterocycles. The smallest absolute Gasteiger partial charge is 0.227 e. The number of rotatable bonds is 8. The molecule has 1 saturated heterocycles. The molecule has 0 spiro atoms. The molecule has 1 heterocycles. The second-order valence-corrected chi connectivity index (χ2v) is 6.90. The van der Waals surface area contributed by atoms with Gasteiger partial charge in [-0.2, -0.15) is 0 Å². The van der Waals surface area contributed by atoms with Crippen LogP contribution in [-0.4, -0.2) is 56.0 Å². The molecule has 3 N–H and O–H groups in total. The molecule has 28 heavy (non-hydrogen) atoms. The van der Waals surface area contributed by atoms with E-state index in [1.54, 1.807) is 0 Å². The SMILES string of the molecule is CCC(CC)(CN)C(=O)NCCC(=O)N1CCN(c2ccccc2)CC1.Cl.Cl. The van der Waals surface area contributed by atoms with Crippen LogP contribution in [0, 0.1) is 5.41 Å². The first-order chi connectivity index (χ1) is 12.6. The van der Waals surface area contributed by atoms with Gasteiger partial charge in [0, 0.05) is 51.4 Å². The molecule has 6 nitrogen and oxygen atoms in total. The Bertz CT molecular complexity index is 581. The van der Waals surface area contributed by atoms with E-state index in [4.69, 9.17) is 5.73 Å². The second-order valence-electron chi connectivity index (χ2n) is 6.90. The number of amides is 2. The van der Waals surface area contributed by atoms with Crippen molar-refractivity contribution < 1.29 is 9.59 Å². The highest BCUT2D eigenvalue weighted by molar-refractivity contribution is 5.85. The number of piperazine rings is 1. The molecule has 1 aromatic rings. The third-order valence-corrected chi connectivity index (χ3v) is 5.60. The topological polar surface area (TPSA) is 78.7 Å². The summed E-state index contributed by atoms with van der Waals surface area (Å²) in [5.74, 6) is 0.0658. The molecular weight excluding hydrogens is 399 g/mol. The molecule has 2 rings (SSSR count). The first kappa shape index (κ1) is 26.5. The second kappa shape index (κ2) is 12.9. The summed E-state index contributed by atoms with van der Waals surface area (Å²) < 4.78 is 0. The summed E-state index contributed by atoms with van der Waals surface area (Å²) in [6.07, 6.45) is 1.76. The number of nitrogens with two attached hydrogens (primary N) is 1.